The van der Waals surface area contributed by atoms with Gasteiger partial charge in [-0.1, -0.05) is 6.07 Å². The zero-order chi connectivity index (χ0) is 12.7. The van der Waals surface area contributed by atoms with E-state index in [0.717, 1.165) is 30.8 Å². The van der Waals surface area contributed by atoms with Crippen LogP contribution in [0.25, 0.3) is 0 Å². The molecule has 0 fully saturated rings. The van der Waals surface area contributed by atoms with E-state index in [1.54, 1.807) is 0 Å². The fourth-order valence-corrected chi connectivity index (χ4v) is 2.69. The summed E-state index contributed by atoms with van der Waals surface area (Å²) in [5.74, 6) is 0. The summed E-state index contributed by atoms with van der Waals surface area (Å²) in [6.07, 6.45) is 0.807. The van der Waals surface area contributed by atoms with Gasteiger partial charge in [-0.25, -0.2) is 0 Å². The van der Waals surface area contributed by atoms with Gasteiger partial charge in [0.1, 0.15) is 0 Å². The summed E-state index contributed by atoms with van der Waals surface area (Å²) in [7, 11) is 0. The molecule has 2 heterocycles. The molecule has 4 nitrogen and oxygen atoms in total. The molecule has 0 spiro atoms. The molecule has 1 aromatic heterocycles. The maximum atomic E-state index is 11.5. The minimum absolute atomic E-state index is 0.0325. The van der Waals surface area contributed by atoms with E-state index >= 15 is 0 Å². The summed E-state index contributed by atoms with van der Waals surface area (Å²) >= 11 is 0. The molecule has 3 rings (SSSR count). The van der Waals surface area contributed by atoms with Crippen LogP contribution in [0.3, 0.4) is 0 Å². The van der Waals surface area contributed by atoms with Crippen LogP contribution in [-0.2, 0) is 13.0 Å². The van der Waals surface area contributed by atoms with Crippen LogP contribution in [0, 0.1) is 13.8 Å². The Labute approximate surface area is 106 Å². The molecule has 2 aromatic rings. The Kier molecular flexibility index (Phi) is 2.51. The third-order valence-electron chi connectivity index (χ3n) is 3.52. The summed E-state index contributed by atoms with van der Waals surface area (Å²) in [5, 5.41) is 5.64. The Hall–Kier alpha value is -1.97. The van der Waals surface area contributed by atoms with Crippen LogP contribution in [-0.4, -0.2) is 16.7 Å². The molecule has 4 heteroatoms. The van der Waals surface area contributed by atoms with E-state index in [1.807, 2.05) is 0 Å². The molecular weight excluding hydrogens is 226 g/mol. The monoisotopic (exact) mass is 243 g/mol. The summed E-state index contributed by atoms with van der Waals surface area (Å²) < 4.78 is 0. The maximum absolute atomic E-state index is 11.5. The molecule has 0 radical (unpaired) electrons. The predicted octanol–water partition coefficient (Wildman–Crippen LogP) is 1.88. The molecule has 1 aromatic carbocycles. The van der Waals surface area contributed by atoms with E-state index in [0.29, 0.717) is 0 Å². The third kappa shape index (κ3) is 1.83. The molecule has 0 atom stereocenters. The summed E-state index contributed by atoms with van der Waals surface area (Å²) in [4.78, 5) is 13.8. The van der Waals surface area contributed by atoms with Gasteiger partial charge in [-0.15, -0.1) is 0 Å². The second kappa shape index (κ2) is 4.05. The van der Waals surface area contributed by atoms with Crippen LogP contribution in [0.15, 0.2) is 23.0 Å². The molecule has 0 saturated carbocycles. The zero-order valence-corrected chi connectivity index (χ0v) is 10.7. The van der Waals surface area contributed by atoms with Gasteiger partial charge in [-0.05, 0) is 43.5 Å². The van der Waals surface area contributed by atoms with E-state index in [9.17, 15) is 4.79 Å². The molecule has 0 amide bonds. The first-order valence-electron chi connectivity index (χ1n) is 6.25. The zero-order valence-electron chi connectivity index (χ0n) is 10.7. The van der Waals surface area contributed by atoms with Gasteiger partial charge in [0.25, 0.3) is 5.56 Å². The predicted molar refractivity (Wildman–Crippen MR) is 72.1 cm³/mol. The van der Waals surface area contributed by atoms with Gasteiger partial charge in [-0.2, -0.15) is 0 Å². The number of nitrogens with one attached hydrogen (secondary N) is 2. The first kappa shape index (κ1) is 11.1. The standard InChI is InChI=1S/C14H17N3O/c1-9-5-10(2)7-11(6-9)17-4-3-12-13(8-17)15-16-14(12)18/h5-7H,3-4,8H2,1-2H3,(H2,15,16,18). The van der Waals surface area contributed by atoms with E-state index < -0.39 is 0 Å². The first-order valence-corrected chi connectivity index (χ1v) is 6.25. The molecule has 0 unspecified atom stereocenters. The topological polar surface area (TPSA) is 51.9 Å². The van der Waals surface area contributed by atoms with Gasteiger partial charge in [0.05, 0.1) is 12.2 Å². The average molecular weight is 243 g/mol. The largest absolute Gasteiger partial charge is 0.365 e. The smallest absolute Gasteiger partial charge is 0.267 e. The van der Waals surface area contributed by atoms with Crippen molar-refractivity contribution in [3.63, 3.8) is 0 Å². The molecule has 18 heavy (non-hydrogen) atoms. The number of fused-ring (bicyclic) bond motifs is 1. The van der Waals surface area contributed by atoms with Crippen molar-refractivity contribution in [3.8, 4) is 0 Å². The molecule has 1 aliphatic rings. The van der Waals surface area contributed by atoms with E-state index in [-0.39, 0.29) is 5.56 Å². The highest BCUT2D eigenvalue weighted by atomic mass is 16.1. The lowest BCUT2D eigenvalue weighted by atomic mass is 10.1. The Morgan fingerprint density at radius 2 is 1.83 bits per heavy atom. The van der Waals surface area contributed by atoms with Crippen molar-refractivity contribution in [2.75, 3.05) is 11.4 Å². The highest BCUT2D eigenvalue weighted by Gasteiger charge is 2.20. The SMILES string of the molecule is Cc1cc(C)cc(N2CCc3c([nH][nH]c3=O)C2)c1. The van der Waals surface area contributed by atoms with Gasteiger partial charge < -0.3 is 10.00 Å². The van der Waals surface area contributed by atoms with Gasteiger partial charge in [-0.3, -0.25) is 9.89 Å². The van der Waals surface area contributed by atoms with E-state index in [1.165, 1.54) is 16.8 Å². The summed E-state index contributed by atoms with van der Waals surface area (Å²) in [6, 6.07) is 6.57. The van der Waals surface area contributed by atoms with Crippen molar-refractivity contribution in [2.45, 2.75) is 26.8 Å². The number of H-pyrrole nitrogens is 2. The van der Waals surface area contributed by atoms with Crippen LogP contribution in [0.1, 0.15) is 22.4 Å². The number of aromatic nitrogens is 2. The van der Waals surface area contributed by atoms with Crippen molar-refractivity contribution >= 4 is 5.69 Å². The number of hydrogen-bond donors (Lipinski definition) is 2. The average Bonchev–Trinajstić information content (AvgIpc) is 2.69. The van der Waals surface area contributed by atoms with Crippen molar-refractivity contribution in [2.24, 2.45) is 0 Å². The van der Waals surface area contributed by atoms with Crippen LogP contribution in [0.2, 0.25) is 0 Å². The highest BCUT2D eigenvalue weighted by Crippen LogP contribution is 2.23. The van der Waals surface area contributed by atoms with Gasteiger partial charge in [0, 0.05) is 17.8 Å². The third-order valence-corrected chi connectivity index (χ3v) is 3.52. The van der Waals surface area contributed by atoms with Crippen LogP contribution >= 0.6 is 0 Å². The van der Waals surface area contributed by atoms with Gasteiger partial charge in [0.15, 0.2) is 0 Å². The number of hydrogen-bond acceptors (Lipinski definition) is 2. The fourth-order valence-electron chi connectivity index (χ4n) is 2.69. The van der Waals surface area contributed by atoms with E-state index in [2.05, 4.69) is 47.1 Å². The second-order valence-corrected chi connectivity index (χ2v) is 5.05. The van der Waals surface area contributed by atoms with Crippen molar-refractivity contribution in [1.29, 1.82) is 0 Å². The fraction of sp³-hybridized carbons (Fsp3) is 0.357. The molecule has 0 saturated heterocycles. The maximum Gasteiger partial charge on any atom is 0.267 e. The number of anilines is 1. The molecule has 2 N–H and O–H groups in total. The number of nitrogens with zero attached hydrogens (tertiary/aromatic N) is 1. The molecule has 94 valence electrons. The van der Waals surface area contributed by atoms with Crippen molar-refractivity contribution in [1.82, 2.24) is 10.2 Å². The van der Waals surface area contributed by atoms with Crippen LogP contribution in [0.4, 0.5) is 5.69 Å². The van der Waals surface area contributed by atoms with Crippen molar-refractivity contribution in [3.05, 3.63) is 50.9 Å². The Morgan fingerprint density at radius 3 is 2.56 bits per heavy atom. The Bertz CT molecular complexity index is 618. The number of aromatic amines is 2. The van der Waals surface area contributed by atoms with Gasteiger partial charge in [0.2, 0.25) is 0 Å². The minimum atomic E-state index is 0.0325. The summed E-state index contributed by atoms with van der Waals surface area (Å²) in [6.45, 7) is 5.90. The quantitative estimate of drug-likeness (QED) is 0.803. The number of aryl methyl sites for hydroxylation is 2. The first-order chi connectivity index (χ1) is 8.63. The highest BCUT2D eigenvalue weighted by molar-refractivity contribution is 5.52. The van der Waals surface area contributed by atoms with E-state index in [4.69, 9.17) is 0 Å². The Balaban J connectivity index is 1.94. The van der Waals surface area contributed by atoms with Crippen LogP contribution < -0.4 is 10.5 Å². The minimum Gasteiger partial charge on any atom is -0.365 e. The Morgan fingerprint density at radius 1 is 1.11 bits per heavy atom. The molecular formula is C14H17N3O. The number of benzene rings is 1. The lowest BCUT2D eigenvalue weighted by molar-refractivity contribution is 0.716. The second-order valence-electron chi connectivity index (χ2n) is 5.05. The van der Waals surface area contributed by atoms with Gasteiger partial charge >= 0.3 is 0 Å². The molecule has 0 bridgehead atoms. The number of rotatable bonds is 1. The summed E-state index contributed by atoms with van der Waals surface area (Å²) in [5.41, 5.74) is 5.75. The molecule has 1 aliphatic heterocycles. The van der Waals surface area contributed by atoms with Crippen molar-refractivity contribution < 1.29 is 0 Å². The normalized spacial score (nSPS) is 14.7. The molecule has 0 aliphatic carbocycles. The lowest BCUT2D eigenvalue weighted by Crippen LogP contribution is -2.31. The lowest BCUT2D eigenvalue weighted by Gasteiger charge is -2.28. The van der Waals surface area contributed by atoms with Crippen LogP contribution in [0.5, 0.6) is 0 Å².